The average Bonchev–Trinajstić information content (AvgIpc) is 3.30. The normalized spacial score (nSPS) is 12.9. The Kier molecular flexibility index (Phi) is 49.5. The molecule has 0 radical (unpaired) electrons. The van der Waals surface area contributed by atoms with Crippen molar-refractivity contribution in [3.05, 3.63) is 24.3 Å². The van der Waals surface area contributed by atoms with Crippen LogP contribution in [0.3, 0.4) is 0 Å². The van der Waals surface area contributed by atoms with Crippen LogP contribution < -0.4 is 0 Å². The largest absolute Gasteiger partial charge is 0.477 e. The van der Waals surface area contributed by atoms with E-state index in [0.717, 1.165) is 57.8 Å². The third-order valence-electron chi connectivity index (χ3n) is 13.0. The Bertz CT molecular complexity index is 1170. The van der Waals surface area contributed by atoms with Crippen molar-refractivity contribution in [1.29, 1.82) is 0 Å². The molecule has 1 N–H and O–H groups in total. The molecule has 0 aliphatic heterocycles. The number of hydrogen-bond donors (Lipinski definition) is 1. The quantitative estimate of drug-likeness (QED) is 0.0211. The zero-order chi connectivity index (χ0) is 49.9. The van der Waals surface area contributed by atoms with Crippen LogP contribution in [-0.4, -0.2) is 87.4 Å². The Hall–Kier alpha value is -2.23. The third-order valence-corrected chi connectivity index (χ3v) is 13.0. The van der Waals surface area contributed by atoms with Crippen LogP contribution in [0.15, 0.2) is 24.3 Å². The first-order valence-electron chi connectivity index (χ1n) is 29.0. The fourth-order valence-corrected chi connectivity index (χ4v) is 8.46. The molecule has 0 heterocycles. The molecule has 0 aromatic carbocycles. The SMILES string of the molecule is CCCCCC/C=C\C/C=C\CCCCCCCC(=O)OC(COC(=O)CCCCCCCCCCCCCCCCCCCCCCCCCCCCC)COC(OCC[N+](C)(C)C)C(=O)O. The Morgan fingerprint density at radius 3 is 1.18 bits per heavy atom. The third kappa shape index (κ3) is 51.6. The predicted molar refractivity (Wildman–Crippen MR) is 286 cm³/mol. The number of carbonyl (C=O) groups is 3. The Morgan fingerprint density at radius 1 is 0.441 bits per heavy atom. The molecule has 68 heavy (non-hydrogen) atoms. The minimum atomic E-state index is -1.51. The summed E-state index contributed by atoms with van der Waals surface area (Å²) in [6.45, 7) is 4.88. The molecule has 0 aliphatic carbocycles. The summed E-state index contributed by atoms with van der Waals surface area (Å²) in [6.07, 6.45) is 56.9. The maximum absolute atomic E-state index is 12.8. The molecule has 400 valence electrons. The number of rotatable bonds is 54. The van der Waals surface area contributed by atoms with Crippen molar-refractivity contribution >= 4 is 17.9 Å². The molecule has 9 heteroatoms. The molecule has 0 aromatic heterocycles. The van der Waals surface area contributed by atoms with Crippen molar-refractivity contribution in [1.82, 2.24) is 0 Å². The van der Waals surface area contributed by atoms with Gasteiger partial charge in [-0.3, -0.25) is 9.59 Å². The number of carboxylic acid groups (broad SMARTS) is 1. The Morgan fingerprint density at radius 2 is 0.794 bits per heavy atom. The second kappa shape index (κ2) is 51.1. The van der Waals surface area contributed by atoms with Crippen LogP contribution in [0, 0.1) is 0 Å². The van der Waals surface area contributed by atoms with Gasteiger partial charge < -0.3 is 28.5 Å². The Labute approximate surface area is 420 Å². The van der Waals surface area contributed by atoms with Gasteiger partial charge in [-0.2, -0.15) is 0 Å². The first kappa shape index (κ1) is 65.8. The molecule has 0 amide bonds. The van der Waals surface area contributed by atoms with Crippen LogP contribution in [0.25, 0.3) is 0 Å². The molecule has 0 saturated carbocycles. The zero-order valence-electron chi connectivity index (χ0n) is 45.5. The van der Waals surface area contributed by atoms with E-state index in [4.69, 9.17) is 18.9 Å². The summed E-state index contributed by atoms with van der Waals surface area (Å²) in [5.41, 5.74) is 0. The van der Waals surface area contributed by atoms with Gasteiger partial charge in [-0.05, 0) is 44.9 Å². The van der Waals surface area contributed by atoms with Crippen molar-refractivity contribution in [2.24, 2.45) is 0 Å². The number of unbranched alkanes of at least 4 members (excludes halogenated alkanes) is 35. The van der Waals surface area contributed by atoms with Crippen molar-refractivity contribution in [3.8, 4) is 0 Å². The standard InChI is InChI=1S/C59H111NO8/c1-6-8-10-12-14-16-18-20-22-24-25-26-27-28-29-30-31-32-33-34-36-37-39-41-43-45-47-49-56(61)66-53-55(54-67-59(58(63)64)65-52-51-60(3,4)5)68-57(62)50-48-46-44-42-40-38-35-23-21-19-17-15-13-11-9-7-2/h17,19,23,35,55,59H,6-16,18,20-22,24-34,36-54H2,1-5H3/p+1/b19-17-,35-23-. The fourth-order valence-electron chi connectivity index (χ4n) is 8.46. The van der Waals surface area contributed by atoms with Gasteiger partial charge in [-0.1, -0.05) is 244 Å². The second-order valence-electron chi connectivity index (χ2n) is 21.0. The number of carboxylic acids is 1. The van der Waals surface area contributed by atoms with Crippen LogP contribution in [-0.2, 0) is 33.3 Å². The van der Waals surface area contributed by atoms with Gasteiger partial charge in [-0.25, -0.2) is 4.79 Å². The molecule has 0 spiro atoms. The number of likely N-dealkylation sites (N-methyl/N-ethyl adjacent to an activating group) is 1. The van der Waals surface area contributed by atoms with Crippen molar-refractivity contribution in [3.63, 3.8) is 0 Å². The van der Waals surface area contributed by atoms with Gasteiger partial charge in [0, 0.05) is 12.8 Å². The summed E-state index contributed by atoms with van der Waals surface area (Å²) in [7, 11) is 5.97. The first-order valence-corrected chi connectivity index (χ1v) is 29.0. The van der Waals surface area contributed by atoms with Crippen molar-refractivity contribution < 1.29 is 42.9 Å². The van der Waals surface area contributed by atoms with Crippen molar-refractivity contribution in [2.75, 3.05) is 47.5 Å². The number of esters is 2. The molecule has 0 rings (SSSR count). The van der Waals surface area contributed by atoms with E-state index in [9.17, 15) is 19.5 Å². The number of hydrogen-bond acceptors (Lipinski definition) is 7. The van der Waals surface area contributed by atoms with E-state index in [1.807, 2.05) is 21.1 Å². The highest BCUT2D eigenvalue weighted by atomic mass is 16.7. The highest BCUT2D eigenvalue weighted by Crippen LogP contribution is 2.17. The number of quaternary nitrogens is 1. The maximum Gasteiger partial charge on any atom is 0.361 e. The van der Waals surface area contributed by atoms with Gasteiger partial charge in [0.1, 0.15) is 13.2 Å². The van der Waals surface area contributed by atoms with E-state index < -0.39 is 24.3 Å². The van der Waals surface area contributed by atoms with E-state index >= 15 is 0 Å². The average molecular weight is 964 g/mol. The molecule has 9 nitrogen and oxygen atoms in total. The summed E-state index contributed by atoms with van der Waals surface area (Å²) in [5.74, 6) is -2.01. The lowest BCUT2D eigenvalue weighted by atomic mass is 10.0. The van der Waals surface area contributed by atoms with Crippen LogP contribution in [0.1, 0.15) is 277 Å². The minimum Gasteiger partial charge on any atom is -0.477 e. The number of carbonyl (C=O) groups excluding carboxylic acids is 2. The summed E-state index contributed by atoms with van der Waals surface area (Å²) >= 11 is 0. The van der Waals surface area contributed by atoms with Gasteiger partial charge in [0.05, 0.1) is 34.4 Å². The topological polar surface area (TPSA) is 108 Å². The minimum absolute atomic E-state index is 0.183. The second-order valence-corrected chi connectivity index (χ2v) is 21.0. The molecule has 0 saturated heterocycles. The molecule has 2 unspecified atom stereocenters. The maximum atomic E-state index is 12.8. The number of allylic oxidation sites excluding steroid dienone is 4. The van der Waals surface area contributed by atoms with Crippen LogP contribution in [0.2, 0.25) is 0 Å². The van der Waals surface area contributed by atoms with Gasteiger partial charge in [0.25, 0.3) is 6.29 Å². The first-order chi connectivity index (χ1) is 33.1. The van der Waals surface area contributed by atoms with E-state index in [0.29, 0.717) is 23.9 Å². The lowest BCUT2D eigenvalue weighted by molar-refractivity contribution is -0.870. The van der Waals surface area contributed by atoms with E-state index in [1.165, 1.54) is 186 Å². The van der Waals surface area contributed by atoms with Crippen LogP contribution in [0.4, 0.5) is 0 Å². The van der Waals surface area contributed by atoms with E-state index in [-0.39, 0.29) is 32.2 Å². The lowest BCUT2D eigenvalue weighted by Crippen LogP contribution is -2.40. The van der Waals surface area contributed by atoms with Gasteiger partial charge in [0.15, 0.2) is 6.10 Å². The van der Waals surface area contributed by atoms with E-state index in [1.54, 1.807) is 0 Å². The number of nitrogens with zero attached hydrogens (tertiary/aromatic N) is 1. The van der Waals surface area contributed by atoms with Crippen LogP contribution in [0.5, 0.6) is 0 Å². The number of ether oxygens (including phenoxy) is 4. The molecule has 0 aromatic rings. The highest BCUT2D eigenvalue weighted by Gasteiger charge is 2.25. The fraction of sp³-hybridized carbons (Fsp3) is 0.881. The molecule has 0 bridgehead atoms. The number of aliphatic carboxylic acids is 1. The summed E-state index contributed by atoms with van der Waals surface area (Å²) < 4.78 is 22.9. The predicted octanol–water partition coefficient (Wildman–Crippen LogP) is 16.7. The zero-order valence-corrected chi connectivity index (χ0v) is 45.5. The van der Waals surface area contributed by atoms with Crippen LogP contribution >= 0.6 is 0 Å². The molecule has 0 fully saturated rings. The summed E-state index contributed by atoms with van der Waals surface area (Å²) in [4.78, 5) is 37.4. The smallest absolute Gasteiger partial charge is 0.361 e. The molecule has 0 aliphatic rings. The lowest BCUT2D eigenvalue weighted by Gasteiger charge is -2.25. The molecule has 2 atom stereocenters. The highest BCUT2D eigenvalue weighted by molar-refractivity contribution is 5.71. The van der Waals surface area contributed by atoms with Gasteiger partial charge in [-0.15, -0.1) is 0 Å². The summed E-state index contributed by atoms with van der Waals surface area (Å²) in [5, 5.41) is 9.69. The molecular weight excluding hydrogens is 851 g/mol. The van der Waals surface area contributed by atoms with Gasteiger partial charge >= 0.3 is 17.9 Å². The van der Waals surface area contributed by atoms with E-state index in [2.05, 4.69) is 38.2 Å². The molecular formula is C59H112NO8+. The van der Waals surface area contributed by atoms with Gasteiger partial charge in [0.2, 0.25) is 0 Å². The van der Waals surface area contributed by atoms with Crippen molar-refractivity contribution in [2.45, 2.75) is 289 Å². The summed E-state index contributed by atoms with van der Waals surface area (Å²) in [6, 6.07) is 0. The monoisotopic (exact) mass is 963 g/mol. The Balaban J connectivity index is 4.15.